The van der Waals surface area contributed by atoms with E-state index >= 15 is 0 Å². The van der Waals surface area contributed by atoms with Crippen molar-refractivity contribution in [2.45, 2.75) is 39.0 Å². The van der Waals surface area contributed by atoms with Gasteiger partial charge in [0.25, 0.3) is 5.91 Å². The van der Waals surface area contributed by atoms with Crippen LogP contribution in [-0.4, -0.2) is 47.7 Å². The Labute approximate surface area is 133 Å². The molecule has 1 saturated heterocycles. The predicted octanol–water partition coefficient (Wildman–Crippen LogP) is 2.20. The van der Waals surface area contributed by atoms with Gasteiger partial charge in [-0.15, -0.1) is 12.4 Å². The molecule has 0 bridgehead atoms. The van der Waals surface area contributed by atoms with Gasteiger partial charge in [-0.1, -0.05) is 20.8 Å². The molecule has 120 valence electrons. The van der Waals surface area contributed by atoms with Crippen LogP contribution in [0.3, 0.4) is 0 Å². The number of nitrogens with zero attached hydrogens (tertiary/aromatic N) is 2. The molecule has 1 aliphatic rings. The molecular formula is C15H27ClN4O. The van der Waals surface area contributed by atoms with Crippen LogP contribution in [0.2, 0.25) is 0 Å². The Morgan fingerprint density at radius 3 is 2.52 bits per heavy atom. The molecule has 1 amide bonds. The number of aromatic amines is 1. The molecule has 21 heavy (non-hydrogen) atoms. The van der Waals surface area contributed by atoms with Gasteiger partial charge in [-0.25, -0.2) is 0 Å². The minimum Gasteiger partial charge on any atom is -0.337 e. The summed E-state index contributed by atoms with van der Waals surface area (Å²) >= 11 is 0. The highest BCUT2D eigenvalue weighted by atomic mass is 35.5. The van der Waals surface area contributed by atoms with Crippen molar-refractivity contribution in [2.75, 3.05) is 26.7 Å². The van der Waals surface area contributed by atoms with Crippen molar-refractivity contribution in [1.82, 2.24) is 20.4 Å². The standard InChI is InChI=1S/C15H26N4O.ClH/c1-15(2,3)13-9-12(17-18-13)14(20)19-7-5-11(6-8-19)10-16-4;/h9,11,16H,5-8,10H2,1-4H3,(H,17,18);1H. The zero-order chi connectivity index (χ0) is 14.8. The number of likely N-dealkylation sites (tertiary alicyclic amines) is 1. The Morgan fingerprint density at radius 2 is 2.05 bits per heavy atom. The monoisotopic (exact) mass is 314 g/mol. The van der Waals surface area contributed by atoms with Gasteiger partial charge in [0, 0.05) is 24.2 Å². The number of H-pyrrole nitrogens is 1. The molecule has 0 aliphatic carbocycles. The Bertz CT molecular complexity index is 458. The van der Waals surface area contributed by atoms with Crippen LogP contribution in [0.5, 0.6) is 0 Å². The maximum absolute atomic E-state index is 12.4. The Morgan fingerprint density at radius 1 is 1.43 bits per heavy atom. The maximum Gasteiger partial charge on any atom is 0.274 e. The summed E-state index contributed by atoms with van der Waals surface area (Å²) in [5, 5.41) is 10.4. The number of rotatable bonds is 3. The average molecular weight is 315 g/mol. The molecule has 1 aliphatic heterocycles. The van der Waals surface area contributed by atoms with E-state index in [9.17, 15) is 4.79 Å². The van der Waals surface area contributed by atoms with E-state index in [2.05, 4.69) is 36.3 Å². The molecule has 0 saturated carbocycles. The van der Waals surface area contributed by atoms with Gasteiger partial charge < -0.3 is 10.2 Å². The van der Waals surface area contributed by atoms with Crippen molar-refractivity contribution in [3.8, 4) is 0 Å². The molecule has 1 aromatic heterocycles. The molecule has 6 heteroatoms. The molecule has 0 aromatic carbocycles. The zero-order valence-corrected chi connectivity index (χ0v) is 14.2. The number of hydrogen-bond acceptors (Lipinski definition) is 3. The highest BCUT2D eigenvalue weighted by Gasteiger charge is 2.26. The third-order valence-electron chi connectivity index (χ3n) is 4.00. The number of hydrogen-bond donors (Lipinski definition) is 2. The van der Waals surface area contributed by atoms with E-state index in [4.69, 9.17) is 0 Å². The molecule has 1 aromatic rings. The largest absolute Gasteiger partial charge is 0.337 e. The van der Waals surface area contributed by atoms with Crippen LogP contribution in [-0.2, 0) is 5.41 Å². The molecule has 0 radical (unpaired) electrons. The first kappa shape index (κ1) is 18.0. The highest BCUT2D eigenvalue weighted by Crippen LogP contribution is 2.22. The SMILES string of the molecule is CNCC1CCN(C(=O)c2cc(C(C)(C)C)[nH]n2)CC1.Cl. The van der Waals surface area contributed by atoms with E-state index in [1.54, 1.807) is 0 Å². The average Bonchev–Trinajstić information content (AvgIpc) is 2.89. The van der Waals surface area contributed by atoms with E-state index in [0.717, 1.165) is 38.2 Å². The summed E-state index contributed by atoms with van der Waals surface area (Å²) in [6.07, 6.45) is 2.15. The Hall–Kier alpha value is -1.07. The van der Waals surface area contributed by atoms with Gasteiger partial charge in [-0.2, -0.15) is 5.10 Å². The number of piperidine rings is 1. The van der Waals surface area contributed by atoms with Crippen LogP contribution in [0.4, 0.5) is 0 Å². The first-order chi connectivity index (χ1) is 9.41. The van der Waals surface area contributed by atoms with Gasteiger partial charge in [0.1, 0.15) is 5.69 Å². The summed E-state index contributed by atoms with van der Waals surface area (Å²) in [6.45, 7) is 9.04. The van der Waals surface area contributed by atoms with E-state index in [1.165, 1.54) is 0 Å². The van der Waals surface area contributed by atoms with Crippen molar-refractivity contribution < 1.29 is 4.79 Å². The predicted molar refractivity (Wildman–Crippen MR) is 87.1 cm³/mol. The van der Waals surface area contributed by atoms with Crippen molar-refractivity contribution in [3.63, 3.8) is 0 Å². The second-order valence-corrected chi connectivity index (χ2v) is 6.71. The number of carbonyl (C=O) groups excluding carboxylic acids is 1. The van der Waals surface area contributed by atoms with Gasteiger partial charge in [0.15, 0.2) is 0 Å². The van der Waals surface area contributed by atoms with Crippen molar-refractivity contribution in [1.29, 1.82) is 0 Å². The Balaban J connectivity index is 0.00000220. The van der Waals surface area contributed by atoms with E-state index in [1.807, 2.05) is 18.0 Å². The van der Waals surface area contributed by atoms with Gasteiger partial charge >= 0.3 is 0 Å². The van der Waals surface area contributed by atoms with Crippen LogP contribution in [0.15, 0.2) is 6.07 Å². The molecule has 0 spiro atoms. The highest BCUT2D eigenvalue weighted by molar-refractivity contribution is 5.92. The summed E-state index contributed by atoms with van der Waals surface area (Å²) < 4.78 is 0. The number of amides is 1. The minimum atomic E-state index is -0.00861. The van der Waals surface area contributed by atoms with Crippen LogP contribution < -0.4 is 5.32 Å². The lowest BCUT2D eigenvalue weighted by Crippen LogP contribution is -2.40. The topological polar surface area (TPSA) is 61.0 Å². The molecule has 1 fully saturated rings. The number of aromatic nitrogens is 2. The zero-order valence-electron chi connectivity index (χ0n) is 13.4. The second-order valence-electron chi connectivity index (χ2n) is 6.71. The lowest BCUT2D eigenvalue weighted by molar-refractivity contribution is 0.0685. The third-order valence-corrected chi connectivity index (χ3v) is 4.00. The van der Waals surface area contributed by atoms with Crippen LogP contribution >= 0.6 is 12.4 Å². The maximum atomic E-state index is 12.4. The summed E-state index contributed by atoms with van der Waals surface area (Å²) in [4.78, 5) is 14.4. The molecular weight excluding hydrogens is 288 g/mol. The fourth-order valence-electron chi connectivity index (χ4n) is 2.61. The Kier molecular flexibility index (Phi) is 6.23. The quantitative estimate of drug-likeness (QED) is 0.899. The normalized spacial score (nSPS) is 16.7. The third kappa shape index (κ3) is 4.45. The smallest absolute Gasteiger partial charge is 0.274 e. The van der Waals surface area contributed by atoms with Crippen LogP contribution in [0.1, 0.15) is 49.8 Å². The molecule has 0 unspecified atom stereocenters. The minimum absolute atomic E-state index is 0. The number of nitrogens with one attached hydrogen (secondary N) is 2. The number of carbonyl (C=O) groups is 1. The summed E-state index contributed by atoms with van der Waals surface area (Å²) in [5.41, 5.74) is 1.54. The van der Waals surface area contributed by atoms with Crippen LogP contribution in [0.25, 0.3) is 0 Å². The van der Waals surface area contributed by atoms with Crippen molar-refractivity contribution >= 4 is 18.3 Å². The van der Waals surface area contributed by atoms with E-state index in [0.29, 0.717) is 11.6 Å². The van der Waals surface area contributed by atoms with Gasteiger partial charge in [-0.3, -0.25) is 9.89 Å². The molecule has 5 nitrogen and oxygen atoms in total. The summed E-state index contributed by atoms with van der Waals surface area (Å²) in [5.74, 6) is 0.744. The van der Waals surface area contributed by atoms with Crippen molar-refractivity contribution in [2.24, 2.45) is 5.92 Å². The number of halogens is 1. The first-order valence-electron chi connectivity index (χ1n) is 7.41. The van der Waals surface area contributed by atoms with Crippen molar-refractivity contribution in [3.05, 3.63) is 17.5 Å². The van der Waals surface area contributed by atoms with E-state index < -0.39 is 0 Å². The molecule has 2 rings (SSSR count). The molecule has 2 heterocycles. The molecule has 2 N–H and O–H groups in total. The fraction of sp³-hybridized carbons (Fsp3) is 0.733. The summed E-state index contributed by atoms with van der Waals surface area (Å²) in [7, 11) is 1.98. The van der Waals surface area contributed by atoms with Gasteiger partial charge in [0.05, 0.1) is 0 Å². The fourth-order valence-corrected chi connectivity index (χ4v) is 2.61. The van der Waals surface area contributed by atoms with Gasteiger partial charge in [-0.05, 0) is 38.4 Å². The first-order valence-corrected chi connectivity index (χ1v) is 7.41. The van der Waals surface area contributed by atoms with E-state index in [-0.39, 0.29) is 23.7 Å². The lowest BCUT2D eigenvalue weighted by Gasteiger charge is -2.31. The second kappa shape index (κ2) is 7.27. The van der Waals surface area contributed by atoms with Gasteiger partial charge in [0.2, 0.25) is 0 Å². The lowest BCUT2D eigenvalue weighted by atomic mass is 9.92. The van der Waals surface area contributed by atoms with Crippen LogP contribution in [0, 0.1) is 5.92 Å². The summed E-state index contributed by atoms with van der Waals surface area (Å²) in [6, 6.07) is 1.89. The molecule has 0 atom stereocenters.